The normalized spacial score (nSPS) is 15.5. The molecule has 29 heavy (non-hydrogen) atoms. The van der Waals surface area contributed by atoms with E-state index in [4.69, 9.17) is 21.7 Å². The molecule has 0 bridgehead atoms. The van der Waals surface area contributed by atoms with Crippen molar-refractivity contribution >= 4 is 51.2 Å². The number of fused-ring (bicyclic) bond motifs is 1. The van der Waals surface area contributed by atoms with Gasteiger partial charge in [0, 0.05) is 29.7 Å². The third kappa shape index (κ3) is 4.02. The Morgan fingerprint density at radius 1 is 1.10 bits per heavy atom. The van der Waals surface area contributed by atoms with Crippen molar-refractivity contribution in [1.82, 2.24) is 9.47 Å². The molecule has 1 aliphatic heterocycles. The van der Waals surface area contributed by atoms with Crippen molar-refractivity contribution in [2.75, 3.05) is 20.8 Å². The van der Waals surface area contributed by atoms with Gasteiger partial charge >= 0.3 is 0 Å². The van der Waals surface area contributed by atoms with Crippen LogP contribution in [-0.2, 0) is 11.3 Å². The largest absolute Gasteiger partial charge is 0.497 e. The molecule has 0 unspecified atom stereocenters. The molecule has 0 atom stereocenters. The predicted octanol–water partition coefficient (Wildman–Crippen LogP) is 4.56. The van der Waals surface area contributed by atoms with Crippen LogP contribution in [0.3, 0.4) is 0 Å². The molecule has 1 amide bonds. The second-order valence-corrected chi connectivity index (χ2v) is 8.24. The number of amides is 1. The average Bonchev–Trinajstić information content (AvgIpc) is 3.21. The number of carbonyl (C=O) groups is 1. The number of hydrogen-bond donors (Lipinski definition) is 0. The van der Waals surface area contributed by atoms with Gasteiger partial charge in [-0.05, 0) is 36.4 Å². The zero-order valence-corrected chi connectivity index (χ0v) is 17.8. The van der Waals surface area contributed by atoms with Gasteiger partial charge in [0.1, 0.15) is 22.4 Å². The average molecular weight is 425 g/mol. The molecular formula is C22H20N2O3S2. The fourth-order valence-corrected chi connectivity index (χ4v) is 4.37. The van der Waals surface area contributed by atoms with Crippen molar-refractivity contribution in [3.05, 3.63) is 65.2 Å². The van der Waals surface area contributed by atoms with E-state index in [0.717, 1.165) is 28.0 Å². The van der Waals surface area contributed by atoms with Gasteiger partial charge in [-0.1, -0.05) is 42.2 Å². The highest BCUT2D eigenvalue weighted by atomic mass is 32.2. The van der Waals surface area contributed by atoms with Gasteiger partial charge in [-0.15, -0.1) is 0 Å². The third-order valence-corrected chi connectivity index (χ3v) is 6.24. The molecule has 2 heterocycles. The highest BCUT2D eigenvalue weighted by Crippen LogP contribution is 2.33. The number of thiocarbonyl (C=S) groups is 1. The summed E-state index contributed by atoms with van der Waals surface area (Å²) < 4.78 is 13.8. The van der Waals surface area contributed by atoms with Crippen molar-refractivity contribution in [3.63, 3.8) is 0 Å². The van der Waals surface area contributed by atoms with Crippen LogP contribution in [0.2, 0.25) is 0 Å². The monoisotopic (exact) mass is 424 g/mol. The number of aromatic nitrogens is 1. The molecule has 148 valence electrons. The second-order valence-electron chi connectivity index (χ2n) is 6.56. The summed E-state index contributed by atoms with van der Waals surface area (Å²) >= 11 is 6.57. The molecule has 0 saturated carbocycles. The summed E-state index contributed by atoms with van der Waals surface area (Å²) in [6, 6.07) is 15.7. The van der Waals surface area contributed by atoms with Gasteiger partial charge < -0.3 is 14.0 Å². The van der Waals surface area contributed by atoms with Crippen molar-refractivity contribution < 1.29 is 14.3 Å². The zero-order valence-electron chi connectivity index (χ0n) is 16.1. The molecular weight excluding hydrogens is 404 g/mol. The van der Waals surface area contributed by atoms with Gasteiger partial charge in [-0.2, -0.15) is 0 Å². The van der Waals surface area contributed by atoms with Gasteiger partial charge in [0.05, 0.1) is 18.6 Å². The first-order valence-corrected chi connectivity index (χ1v) is 10.4. The van der Waals surface area contributed by atoms with E-state index in [9.17, 15) is 4.79 Å². The number of ether oxygens (including phenoxy) is 2. The van der Waals surface area contributed by atoms with Crippen molar-refractivity contribution in [1.29, 1.82) is 0 Å². The minimum atomic E-state index is -0.0559. The summed E-state index contributed by atoms with van der Waals surface area (Å²) in [6.07, 6.45) is 3.98. The quantitative estimate of drug-likeness (QED) is 0.429. The molecule has 3 aromatic rings. The first-order valence-electron chi connectivity index (χ1n) is 9.13. The summed E-state index contributed by atoms with van der Waals surface area (Å²) in [5, 5.41) is 1.10. The Labute approximate surface area is 178 Å². The van der Waals surface area contributed by atoms with Crippen LogP contribution in [0.4, 0.5) is 0 Å². The summed E-state index contributed by atoms with van der Waals surface area (Å²) in [6.45, 7) is 1.22. The summed E-state index contributed by atoms with van der Waals surface area (Å²) in [5.74, 6) is 1.55. The maximum atomic E-state index is 12.4. The lowest BCUT2D eigenvalue weighted by Gasteiger charge is -2.09. The van der Waals surface area contributed by atoms with Gasteiger partial charge in [0.2, 0.25) is 0 Å². The molecule has 1 aliphatic rings. The van der Waals surface area contributed by atoms with Crippen LogP contribution < -0.4 is 9.47 Å². The SMILES string of the molecule is COc1ccc(OCCn2cc(C=C3SC(=S)N(C)C3=O)c3ccccc32)cc1. The first kappa shape index (κ1) is 19.5. The number of para-hydroxylation sites is 1. The van der Waals surface area contributed by atoms with Crippen LogP contribution in [0.5, 0.6) is 11.5 Å². The smallest absolute Gasteiger partial charge is 0.265 e. The van der Waals surface area contributed by atoms with Crippen molar-refractivity contribution in [3.8, 4) is 11.5 Å². The molecule has 0 aliphatic carbocycles. The van der Waals surface area contributed by atoms with Gasteiger partial charge in [-0.25, -0.2) is 0 Å². The molecule has 1 saturated heterocycles. The molecule has 2 aromatic carbocycles. The topological polar surface area (TPSA) is 43.7 Å². The number of hydrogen-bond acceptors (Lipinski definition) is 5. The second kappa shape index (κ2) is 8.31. The zero-order chi connectivity index (χ0) is 20.4. The molecule has 7 heteroatoms. The lowest BCUT2D eigenvalue weighted by atomic mass is 10.1. The van der Waals surface area contributed by atoms with Crippen LogP contribution in [0.15, 0.2) is 59.6 Å². The molecule has 0 spiro atoms. The van der Waals surface area contributed by atoms with Gasteiger partial charge in [0.25, 0.3) is 5.91 Å². The van der Waals surface area contributed by atoms with Crippen LogP contribution >= 0.6 is 24.0 Å². The molecule has 1 aromatic heterocycles. The van der Waals surface area contributed by atoms with Crippen LogP contribution in [0.25, 0.3) is 17.0 Å². The molecule has 4 rings (SSSR count). The van der Waals surface area contributed by atoms with Gasteiger partial charge in [-0.3, -0.25) is 9.69 Å². The maximum absolute atomic E-state index is 12.4. The van der Waals surface area contributed by atoms with E-state index in [1.165, 1.54) is 16.7 Å². The number of likely N-dealkylation sites (N-methyl/N-ethyl adjacent to an activating group) is 1. The Morgan fingerprint density at radius 3 is 2.52 bits per heavy atom. The number of nitrogens with zero attached hydrogens (tertiary/aromatic N) is 2. The van der Waals surface area contributed by atoms with E-state index in [1.807, 2.05) is 42.5 Å². The summed E-state index contributed by atoms with van der Waals surface area (Å²) in [7, 11) is 3.35. The highest BCUT2D eigenvalue weighted by Gasteiger charge is 2.29. The Hall–Kier alpha value is -2.77. The fraction of sp³-hybridized carbons (Fsp3) is 0.182. The van der Waals surface area contributed by atoms with E-state index in [0.29, 0.717) is 22.4 Å². The maximum Gasteiger partial charge on any atom is 0.265 e. The number of methoxy groups -OCH3 is 1. The first-order chi connectivity index (χ1) is 14.1. The summed E-state index contributed by atoms with van der Waals surface area (Å²) in [5.41, 5.74) is 2.10. The van der Waals surface area contributed by atoms with E-state index in [2.05, 4.69) is 22.9 Å². The predicted molar refractivity (Wildman–Crippen MR) is 121 cm³/mol. The number of carbonyl (C=O) groups excluding carboxylic acids is 1. The lowest BCUT2D eigenvalue weighted by molar-refractivity contribution is -0.121. The van der Waals surface area contributed by atoms with Crippen LogP contribution in [0, 0.1) is 0 Å². The van der Waals surface area contributed by atoms with Crippen molar-refractivity contribution in [2.24, 2.45) is 0 Å². The number of benzene rings is 2. The molecule has 0 radical (unpaired) electrons. The van der Waals surface area contributed by atoms with E-state index in [-0.39, 0.29) is 5.91 Å². The fourth-order valence-electron chi connectivity index (χ4n) is 3.20. The Morgan fingerprint density at radius 2 is 1.83 bits per heavy atom. The highest BCUT2D eigenvalue weighted by molar-refractivity contribution is 8.26. The summed E-state index contributed by atoms with van der Waals surface area (Å²) in [4.78, 5) is 14.5. The minimum absolute atomic E-state index is 0.0559. The molecule has 5 nitrogen and oxygen atoms in total. The van der Waals surface area contributed by atoms with E-state index >= 15 is 0 Å². The van der Waals surface area contributed by atoms with Crippen molar-refractivity contribution in [2.45, 2.75) is 6.54 Å². The van der Waals surface area contributed by atoms with Gasteiger partial charge in [0.15, 0.2) is 0 Å². The lowest BCUT2D eigenvalue weighted by Crippen LogP contribution is -2.22. The Balaban J connectivity index is 1.54. The third-order valence-electron chi connectivity index (χ3n) is 4.75. The molecule has 0 N–H and O–H groups in total. The van der Waals surface area contributed by atoms with E-state index in [1.54, 1.807) is 14.2 Å². The standard InChI is InChI=1S/C22H20N2O3S2/c1-23-21(25)20(29-22(23)28)13-15-14-24(19-6-4-3-5-18(15)19)11-12-27-17-9-7-16(26-2)8-10-17/h3-10,13-14H,11-12H2,1-2H3. The number of rotatable bonds is 6. The van der Waals surface area contributed by atoms with E-state index < -0.39 is 0 Å². The van der Waals surface area contributed by atoms with Crippen LogP contribution in [0.1, 0.15) is 5.56 Å². The minimum Gasteiger partial charge on any atom is -0.497 e. The van der Waals surface area contributed by atoms with Crippen LogP contribution in [-0.4, -0.2) is 40.5 Å². The molecule has 1 fully saturated rings. The Bertz CT molecular complexity index is 1100. The Kier molecular flexibility index (Phi) is 5.60. The number of thioether (sulfide) groups is 1.